The number of benzene rings is 1. The highest BCUT2D eigenvalue weighted by atomic mass is 35.5. The lowest BCUT2D eigenvalue weighted by Crippen LogP contribution is -2.06. The van der Waals surface area contributed by atoms with Crippen molar-refractivity contribution < 1.29 is 4.92 Å². The second-order valence-electron chi connectivity index (χ2n) is 4.07. The van der Waals surface area contributed by atoms with E-state index in [-0.39, 0.29) is 16.8 Å². The largest absolute Gasteiger partial charge is 0.377 e. The van der Waals surface area contributed by atoms with Crippen molar-refractivity contribution in [1.29, 1.82) is 0 Å². The third-order valence-corrected chi connectivity index (χ3v) is 4.52. The number of hydrogen-bond donors (Lipinski definition) is 1. The number of halogens is 3. The van der Waals surface area contributed by atoms with Crippen LogP contribution in [-0.2, 0) is 0 Å². The van der Waals surface area contributed by atoms with E-state index < -0.39 is 4.92 Å². The molecule has 1 heterocycles. The molecule has 1 unspecified atom stereocenters. The maximum absolute atomic E-state index is 10.7. The number of anilines is 1. The molecule has 2 rings (SSSR count). The minimum Gasteiger partial charge on any atom is -0.377 e. The van der Waals surface area contributed by atoms with Crippen molar-refractivity contribution in [1.82, 2.24) is 0 Å². The van der Waals surface area contributed by atoms with Gasteiger partial charge in [-0.3, -0.25) is 10.1 Å². The van der Waals surface area contributed by atoms with Gasteiger partial charge in [-0.2, -0.15) is 0 Å². The van der Waals surface area contributed by atoms with Crippen LogP contribution in [0.5, 0.6) is 0 Å². The van der Waals surface area contributed by atoms with E-state index in [1.54, 1.807) is 12.1 Å². The molecular weight excluding hydrogens is 343 g/mol. The lowest BCUT2D eigenvalue weighted by molar-refractivity contribution is -0.384. The predicted octanol–water partition coefficient (Wildman–Crippen LogP) is 5.79. The molecule has 20 heavy (non-hydrogen) atoms. The third-order valence-electron chi connectivity index (χ3n) is 2.69. The van der Waals surface area contributed by atoms with Gasteiger partial charge in [0.25, 0.3) is 5.69 Å². The molecule has 0 saturated heterocycles. The quantitative estimate of drug-likeness (QED) is 0.560. The smallest absolute Gasteiger partial charge is 0.271 e. The van der Waals surface area contributed by atoms with E-state index in [1.165, 1.54) is 23.5 Å². The van der Waals surface area contributed by atoms with Gasteiger partial charge in [0.05, 0.1) is 30.3 Å². The lowest BCUT2D eigenvalue weighted by Gasteiger charge is -2.15. The number of nitrogens with zero attached hydrogens (tertiary/aromatic N) is 1. The van der Waals surface area contributed by atoms with Crippen LogP contribution in [0.4, 0.5) is 11.4 Å². The fourth-order valence-electron chi connectivity index (χ4n) is 1.69. The van der Waals surface area contributed by atoms with Crippen LogP contribution in [0.2, 0.25) is 13.7 Å². The first-order chi connectivity index (χ1) is 9.38. The Morgan fingerprint density at radius 3 is 2.50 bits per heavy atom. The first-order valence-corrected chi connectivity index (χ1v) is 7.48. The molecule has 1 aromatic carbocycles. The number of nitrogens with one attached hydrogen (secondary N) is 1. The maximum Gasteiger partial charge on any atom is 0.271 e. The van der Waals surface area contributed by atoms with Gasteiger partial charge in [-0.25, -0.2) is 0 Å². The van der Waals surface area contributed by atoms with Crippen molar-refractivity contribution in [3.8, 4) is 0 Å². The van der Waals surface area contributed by atoms with E-state index in [9.17, 15) is 10.1 Å². The van der Waals surface area contributed by atoms with Crippen molar-refractivity contribution in [3.05, 3.63) is 53.6 Å². The van der Waals surface area contributed by atoms with Crippen LogP contribution >= 0.6 is 46.1 Å². The van der Waals surface area contributed by atoms with Crippen molar-refractivity contribution in [2.75, 3.05) is 5.32 Å². The Bertz CT molecular complexity index is 660. The second-order valence-corrected chi connectivity index (χ2v) is 6.76. The van der Waals surface area contributed by atoms with Crippen LogP contribution in [0.1, 0.15) is 18.5 Å². The van der Waals surface area contributed by atoms with Gasteiger partial charge < -0.3 is 5.32 Å². The highest BCUT2D eigenvalue weighted by Crippen LogP contribution is 2.37. The minimum atomic E-state index is -0.491. The summed E-state index contributed by atoms with van der Waals surface area (Å²) in [6.45, 7) is 1.90. The number of nitro groups is 1. The van der Waals surface area contributed by atoms with Crippen LogP contribution in [0.25, 0.3) is 0 Å². The van der Waals surface area contributed by atoms with Gasteiger partial charge in [0.2, 0.25) is 0 Å². The van der Waals surface area contributed by atoms with E-state index in [0.717, 1.165) is 5.56 Å². The highest BCUT2D eigenvalue weighted by molar-refractivity contribution is 7.20. The SMILES string of the molecule is CC(Nc1ccc([N+](=O)[O-])cc1Cl)c1cc(Cl)sc1Cl. The number of non-ortho nitro benzene ring substituents is 1. The molecular formula is C12H9Cl3N2O2S. The summed E-state index contributed by atoms with van der Waals surface area (Å²) in [5.41, 5.74) is 1.41. The Morgan fingerprint density at radius 1 is 1.30 bits per heavy atom. The highest BCUT2D eigenvalue weighted by Gasteiger charge is 2.16. The zero-order valence-electron chi connectivity index (χ0n) is 10.2. The zero-order valence-corrected chi connectivity index (χ0v) is 13.3. The van der Waals surface area contributed by atoms with E-state index in [0.29, 0.717) is 14.4 Å². The van der Waals surface area contributed by atoms with E-state index >= 15 is 0 Å². The van der Waals surface area contributed by atoms with Crippen LogP contribution in [0.15, 0.2) is 24.3 Å². The summed E-state index contributed by atoms with van der Waals surface area (Å²) in [7, 11) is 0. The monoisotopic (exact) mass is 350 g/mol. The molecule has 0 aliphatic heterocycles. The van der Waals surface area contributed by atoms with Crippen LogP contribution in [0, 0.1) is 10.1 Å². The predicted molar refractivity (Wildman–Crippen MR) is 84.5 cm³/mol. The summed E-state index contributed by atoms with van der Waals surface area (Å²) < 4.78 is 1.21. The Kier molecular flexibility index (Phi) is 4.75. The van der Waals surface area contributed by atoms with Gasteiger partial charge in [0, 0.05) is 17.7 Å². The molecule has 1 aromatic heterocycles. The molecule has 0 amide bonds. The van der Waals surface area contributed by atoms with Gasteiger partial charge in [-0.1, -0.05) is 34.8 Å². The standard InChI is InChI=1S/C12H9Cl3N2O2S/c1-6(8-5-11(14)20-12(8)15)16-10-3-2-7(17(18)19)4-9(10)13/h2-6,16H,1H3. The zero-order chi connectivity index (χ0) is 14.9. The van der Waals surface area contributed by atoms with Gasteiger partial charge in [0.15, 0.2) is 0 Å². The number of rotatable bonds is 4. The van der Waals surface area contributed by atoms with E-state index in [4.69, 9.17) is 34.8 Å². The topological polar surface area (TPSA) is 55.2 Å². The molecule has 0 spiro atoms. The van der Waals surface area contributed by atoms with Gasteiger partial charge in [-0.15, -0.1) is 11.3 Å². The normalized spacial score (nSPS) is 12.2. The average molecular weight is 352 g/mol. The fourth-order valence-corrected chi connectivity index (χ4v) is 3.57. The molecule has 4 nitrogen and oxygen atoms in total. The molecule has 0 bridgehead atoms. The molecule has 1 N–H and O–H groups in total. The maximum atomic E-state index is 10.7. The summed E-state index contributed by atoms with van der Waals surface area (Å²) in [5, 5.41) is 14.1. The molecule has 0 saturated carbocycles. The average Bonchev–Trinajstić information content (AvgIpc) is 2.70. The van der Waals surface area contributed by atoms with Crippen LogP contribution < -0.4 is 5.32 Å². The molecule has 0 aliphatic rings. The number of hydrogen-bond acceptors (Lipinski definition) is 4. The van der Waals surface area contributed by atoms with Gasteiger partial charge in [0.1, 0.15) is 0 Å². The Labute approximate surface area is 134 Å². The van der Waals surface area contributed by atoms with Gasteiger partial charge in [-0.05, 0) is 19.1 Å². The summed E-state index contributed by atoms with van der Waals surface area (Å²) in [6.07, 6.45) is 0. The summed E-state index contributed by atoms with van der Waals surface area (Å²) in [6, 6.07) is 5.93. The van der Waals surface area contributed by atoms with Crippen molar-refractivity contribution in [2.24, 2.45) is 0 Å². The molecule has 106 valence electrons. The first kappa shape index (κ1) is 15.4. The molecule has 0 aliphatic carbocycles. The van der Waals surface area contributed by atoms with Crippen LogP contribution in [-0.4, -0.2) is 4.92 Å². The lowest BCUT2D eigenvalue weighted by atomic mass is 10.1. The fraction of sp³-hybridized carbons (Fsp3) is 0.167. The minimum absolute atomic E-state index is 0.0511. The Morgan fingerprint density at radius 2 is 2.00 bits per heavy atom. The van der Waals surface area contributed by atoms with Crippen molar-refractivity contribution in [3.63, 3.8) is 0 Å². The van der Waals surface area contributed by atoms with E-state index in [2.05, 4.69) is 5.32 Å². The number of nitro benzene ring substituents is 1. The van der Waals surface area contributed by atoms with Crippen molar-refractivity contribution >= 4 is 57.5 Å². The summed E-state index contributed by atoms with van der Waals surface area (Å²) in [5.74, 6) is 0. The molecule has 8 heteroatoms. The third kappa shape index (κ3) is 3.35. The van der Waals surface area contributed by atoms with Gasteiger partial charge >= 0.3 is 0 Å². The van der Waals surface area contributed by atoms with E-state index in [1.807, 2.05) is 6.92 Å². The molecule has 0 fully saturated rings. The first-order valence-electron chi connectivity index (χ1n) is 5.53. The summed E-state index contributed by atoms with van der Waals surface area (Å²) in [4.78, 5) is 10.2. The number of thiophene rings is 1. The van der Waals surface area contributed by atoms with Crippen LogP contribution in [0.3, 0.4) is 0 Å². The van der Waals surface area contributed by atoms with Crippen molar-refractivity contribution in [2.45, 2.75) is 13.0 Å². The Balaban J connectivity index is 2.22. The molecule has 1 atom stereocenters. The molecule has 2 aromatic rings. The summed E-state index contributed by atoms with van der Waals surface area (Å²) >= 11 is 19.3. The molecule has 0 radical (unpaired) electrons. The second kappa shape index (κ2) is 6.18. The Hall–Kier alpha value is -1.01.